The molecule has 1 aromatic carbocycles. The van der Waals surface area contributed by atoms with Gasteiger partial charge in [0, 0.05) is 19.8 Å². The van der Waals surface area contributed by atoms with Gasteiger partial charge in [-0.25, -0.2) is 9.97 Å². The normalized spacial score (nSPS) is 11.8. The van der Waals surface area contributed by atoms with Crippen molar-refractivity contribution in [1.29, 1.82) is 0 Å². The minimum absolute atomic E-state index is 0.0290. The Morgan fingerprint density at radius 3 is 2.52 bits per heavy atom. The lowest BCUT2D eigenvalue weighted by Gasteiger charge is -2.16. The molecular formula is C18H24N4O. The van der Waals surface area contributed by atoms with Gasteiger partial charge >= 0.3 is 0 Å². The summed E-state index contributed by atoms with van der Waals surface area (Å²) in [5.74, 6) is 0.554. The molecule has 0 fully saturated rings. The van der Waals surface area contributed by atoms with Crippen LogP contribution in [-0.4, -0.2) is 30.0 Å². The molecule has 2 aromatic rings. The molecule has 0 aliphatic heterocycles. The van der Waals surface area contributed by atoms with Gasteiger partial charge in [-0.3, -0.25) is 4.79 Å². The lowest BCUT2D eigenvalue weighted by atomic mass is 9.96. The Morgan fingerprint density at radius 2 is 1.91 bits per heavy atom. The van der Waals surface area contributed by atoms with E-state index >= 15 is 0 Å². The monoisotopic (exact) mass is 312 g/mol. The molecule has 0 spiro atoms. The van der Waals surface area contributed by atoms with Crippen LogP contribution >= 0.6 is 0 Å². The van der Waals surface area contributed by atoms with Crippen molar-refractivity contribution in [2.75, 3.05) is 19.0 Å². The first-order valence-corrected chi connectivity index (χ1v) is 7.85. The number of nitrogens with one attached hydrogen (secondary N) is 1. The fourth-order valence-corrected chi connectivity index (χ4v) is 2.47. The van der Waals surface area contributed by atoms with Crippen LogP contribution in [0.15, 0.2) is 36.4 Å². The number of aromatic nitrogens is 2. The Morgan fingerprint density at radius 1 is 1.22 bits per heavy atom. The predicted molar refractivity (Wildman–Crippen MR) is 92.4 cm³/mol. The average molecular weight is 312 g/mol. The fourth-order valence-electron chi connectivity index (χ4n) is 2.47. The maximum Gasteiger partial charge on any atom is 0.227 e. The number of anilines is 1. The summed E-state index contributed by atoms with van der Waals surface area (Å²) in [4.78, 5) is 23.2. The summed E-state index contributed by atoms with van der Waals surface area (Å²) in [5.41, 5.74) is 2.75. The maximum absolute atomic E-state index is 12.5. The molecule has 5 nitrogen and oxygen atoms in total. The van der Waals surface area contributed by atoms with E-state index in [1.807, 2.05) is 69.2 Å². The molecule has 1 aromatic heterocycles. The van der Waals surface area contributed by atoms with Crippen molar-refractivity contribution in [3.05, 3.63) is 53.3 Å². The smallest absolute Gasteiger partial charge is 0.227 e. The molecule has 1 heterocycles. The molecule has 5 heteroatoms. The second-order valence-corrected chi connectivity index (χ2v) is 5.78. The van der Waals surface area contributed by atoms with Crippen LogP contribution in [0.25, 0.3) is 0 Å². The summed E-state index contributed by atoms with van der Waals surface area (Å²) >= 11 is 0. The van der Waals surface area contributed by atoms with Crippen molar-refractivity contribution in [3.8, 4) is 0 Å². The first kappa shape index (κ1) is 16.9. The van der Waals surface area contributed by atoms with Crippen LogP contribution in [0.3, 0.4) is 0 Å². The zero-order valence-corrected chi connectivity index (χ0v) is 14.2. The molecule has 0 saturated heterocycles. The SMILES string of the molecule is CC[C@@H](C(=O)NCc1cc(C)nc(N(C)C)n1)c1ccccc1. The standard InChI is InChI=1S/C18H24N4O/c1-5-16(14-9-7-6-8-10-14)17(23)19-12-15-11-13(2)20-18(21-15)22(3)4/h6-11,16H,5,12H2,1-4H3,(H,19,23)/t16-/m1/s1. The van der Waals surface area contributed by atoms with Crippen LogP contribution in [0.2, 0.25) is 0 Å². The second-order valence-electron chi connectivity index (χ2n) is 5.78. The Labute approximate surface area is 137 Å². The van der Waals surface area contributed by atoms with Gasteiger partial charge in [0.25, 0.3) is 0 Å². The second kappa shape index (κ2) is 7.72. The Bertz CT molecular complexity index is 655. The van der Waals surface area contributed by atoms with E-state index in [9.17, 15) is 4.79 Å². The van der Waals surface area contributed by atoms with E-state index < -0.39 is 0 Å². The summed E-state index contributed by atoms with van der Waals surface area (Å²) in [7, 11) is 3.80. The highest BCUT2D eigenvalue weighted by atomic mass is 16.1. The third kappa shape index (κ3) is 4.52. The van der Waals surface area contributed by atoms with Crippen molar-refractivity contribution < 1.29 is 4.79 Å². The van der Waals surface area contributed by atoms with Crippen LogP contribution < -0.4 is 10.2 Å². The highest BCUT2D eigenvalue weighted by molar-refractivity contribution is 5.83. The fraction of sp³-hybridized carbons (Fsp3) is 0.389. The molecule has 122 valence electrons. The molecule has 1 N–H and O–H groups in total. The number of hydrogen-bond donors (Lipinski definition) is 1. The minimum Gasteiger partial charge on any atom is -0.350 e. The first-order chi connectivity index (χ1) is 11.0. The number of carbonyl (C=O) groups is 1. The Balaban J connectivity index is 2.06. The molecule has 0 aliphatic carbocycles. The van der Waals surface area contributed by atoms with E-state index in [0.29, 0.717) is 12.5 Å². The highest BCUT2D eigenvalue weighted by Crippen LogP contribution is 2.19. The topological polar surface area (TPSA) is 58.1 Å². The quantitative estimate of drug-likeness (QED) is 0.891. The lowest BCUT2D eigenvalue weighted by Crippen LogP contribution is -2.29. The summed E-state index contributed by atoms with van der Waals surface area (Å²) in [6, 6.07) is 11.8. The molecule has 23 heavy (non-hydrogen) atoms. The van der Waals surface area contributed by atoms with E-state index in [1.54, 1.807) is 0 Å². The largest absolute Gasteiger partial charge is 0.350 e. The van der Waals surface area contributed by atoms with Crippen LogP contribution in [0, 0.1) is 6.92 Å². The van der Waals surface area contributed by atoms with Gasteiger partial charge in [-0.15, -0.1) is 0 Å². The highest BCUT2D eigenvalue weighted by Gasteiger charge is 2.18. The zero-order chi connectivity index (χ0) is 16.8. The molecule has 0 saturated carbocycles. The van der Waals surface area contributed by atoms with Crippen LogP contribution in [0.5, 0.6) is 0 Å². The van der Waals surface area contributed by atoms with E-state index in [0.717, 1.165) is 23.4 Å². The minimum atomic E-state index is -0.132. The van der Waals surface area contributed by atoms with Gasteiger partial charge in [0.1, 0.15) is 0 Å². The molecule has 0 bridgehead atoms. The Kier molecular flexibility index (Phi) is 5.68. The van der Waals surface area contributed by atoms with Crippen molar-refractivity contribution in [2.24, 2.45) is 0 Å². The number of nitrogens with zero attached hydrogens (tertiary/aromatic N) is 3. The van der Waals surface area contributed by atoms with E-state index in [2.05, 4.69) is 15.3 Å². The number of rotatable bonds is 6. The first-order valence-electron chi connectivity index (χ1n) is 7.85. The van der Waals surface area contributed by atoms with Gasteiger partial charge in [0.2, 0.25) is 11.9 Å². The molecule has 1 atom stereocenters. The van der Waals surface area contributed by atoms with Gasteiger partial charge in [-0.2, -0.15) is 0 Å². The van der Waals surface area contributed by atoms with Crippen molar-refractivity contribution >= 4 is 11.9 Å². The summed E-state index contributed by atoms with van der Waals surface area (Å²) in [6.45, 7) is 4.36. The van der Waals surface area contributed by atoms with E-state index in [4.69, 9.17) is 0 Å². The summed E-state index contributed by atoms with van der Waals surface area (Å²) < 4.78 is 0. The van der Waals surface area contributed by atoms with Gasteiger partial charge in [0.05, 0.1) is 18.2 Å². The van der Waals surface area contributed by atoms with Gasteiger partial charge < -0.3 is 10.2 Å². The van der Waals surface area contributed by atoms with Gasteiger partial charge in [0.15, 0.2) is 0 Å². The molecule has 0 radical (unpaired) electrons. The van der Waals surface area contributed by atoms with Crippen LogP contribution in [-0.2, 0) is 11.3 Å². The molecule has 0 aliphatic rings. The lowest BCUT2D eigenvalue weighted by molar-refractivity contribution is -0.122. The maximum atomic E-state index is 12.5. The third-order valence-corrected chi connectivity index (χ3v) is 3.67. The van der Waals surface area contributed by atoms with Crippen molar-refractivity contribution in [2.45, 2.75) is 32.7 Å². The van der Waals surface area contributed by atoms with Crippen molar-refractivity contribution in [3.63, 3.8) is 0 Å². The van der Waals surface area contributed by atoms with Gasteiger partial charge in [-0.1, -0.05) is 37.3 Å². The number of carbonyl (C=O) groups excluding carboxylic acids is 1. The number of benzene rings is 1. The van der Waals surface area contributed by atoms with Crippen LogP contribution in [0.1, 0.15) is 36.2 Å². The van der Waals surface area contributed by atoms with Gasteiger partial charge in [-0.05, 0) is 25.0 Å². The summed E-state index contributed by atoms with van der Waals surface area (Å²) in [5, 5.41) is 2.99. The number of amides is 1. The third-order valence-electron chi connectivity index (χ3n) is 3.67. The molecule has 1 amide bonds. The number of aryl methyl sites for hydroxylation is 1. The molecule has 2 rings (SSSR count). The zero-order valence-electron chi connectivity index (χ0n) is 14.2. The number of hydrogen-bond acceptors (Lipinski definition) is 4. The Hall–Kier alpha value is -2.43. The van der Waals surface area contributed by atoms with Crippen molar-refractivity contribution in [1.82, 2.24) is 15.3 Å². The molecular weight excluding hydrogens is 288 g/mol. The average Bonchev–Trinajstić information content (AvgIpc) is 2.54. The van der Waals surface area contributed by atoms with E-state index in [1.165, 1.54) is 0 Å². The molecule has 0 unspecified atom stereocenters. The predicted octanol–water partition coefficient (Wildman–Crippen LogP) is 2.66. The van der Waals surface area contributed by atoms with E-state index in [-0.39, 0.29) is 11.8 Å². The van der Waals surface area contributed by atoms with Crippen LogP contribution in [0.4, 0.5) is 5.95 Å². The summed E-state index contributed by atoms with van der Waals surface area (Å²) in [6.07, 6.45) is 0.765.